The third-order valence-corrected chi connectivity index (χ3v) is 3.51. The van der Waals surface area contributed by atoms with Crippen molar-refractivity contribution in [3.05, 3.63) is 0 Å². The van der Waals surface area contributed by atoms with Gasteiger partial charge in [-0.1, -0.05) is 20.8 Å². The van der Waals surface area contributed by atoms with Gasteiger partial charge in [-0.05, 0) is 5.41 Å². The van der Waals surface area contributed by atoms with Crippen molar-refractivity contribution >= 4 is 12.4 Å². The Kier molecular flexibility index (Phi) is 3.20. The van der Waals surface area contributed by atoms with Gasteiger partial charge in [-0.2, -0.15) is 0 Å². The Hall–Kier alpha value is -1.20. The van der Waals surface area contributed by atoms with Crippen molar-refractivity contribution in [1.29, 1.82) is 0 Å². The van der Waals surface area contributed by atoms with Gasteiger partial charge in [0.2, 0.25) is 0 Å². The molecule has 1 heterocycles. The molecule has 1 fully saturated rings. The molecule has 1 unspecified atom stereocenters. The lowest BCUT2D eigenvalue weighted by molar-refractivity contribution is -0.112. The first kappa shape index (κ1) is 13.9. The molecule has 1 amide bonds. The summed E-state index contributed by atoms with van der Waals surface area (Å²) in [4.78, 5) is 22.6. The minimum atomic E-state index is -3.07. The number of carbonyl (C=O) groups excluding carboxylic acids is 1. The number of rotatable bonds is 2. The highest BCUT2D eigenvalue weighted by atomic mass is 19.3. The number of hydrogen-bond acceptors (Lipinski definition) is 2. The maximum atomic E-state index is 13.5. The highest BCUT2D eigenvalue weighted by Gasteiger charge is 2.61. The molecule has 0 aromatic rings. The Morgan fingerprint density at radius 1 is 1.47 bits per heavy atom. The van der Waals surface area contributed by atoms with Crippen LogP contribution in [0.15, 0.2) is 0 Å². The average molecular weight is 249 g/mol. The molecule has 0 saturated carbocycles. The molecule has 98 valence electrons. The molecule has 1 aliphatic rings. The smallest absolute Gasteiger partial charge is 0.407 e. The third-order valence-electron chi connectivity index (χ3n) is 3.51. The fourth-order valence-corrected chi connectivity index (χ4v) is 2.51. The van der Waals surface area contributed by atoms with Crippen LogP contribution in [-0.2, 0) is 4.79 Å². The molecule has 1 saturated heterocycles. The largest absolute Gasteiger partial charge is 0.465 e. The first-order chi connectivity index (χ1) is 7.56. The topological polar surface area (TPSA) is 57.6 Å². The Morgan fingerprint density at radius 2 is 2.00 bits per heavy atom. The van der Waals surface area contributed by atoms with Gasteiger partial charge in [-0.3, -0.25) is 4.90 Å². The fraction of sp³-hybridized carbons (Fsp3) is 0.818. The summed E-state index contributed by atoms with van der Waals surface area (Å²) < 4.78 is 27.0. The summed E-state index contributed by atoms with van der Waals surface area (Å²) in [5.41, 5.74) is -2.06. The maximum absolute atomic E-state index is 13.5. The number of carbonyl (C=O) groups is 2. The van der Waals surface area contributed by atoms with E-state index in [0.29, 0.717) is 6.29 Å². The number of amides is 1. The number of likely N-dealkylation sites (tertiary alicyclic amines) is 1. The summed E-state index contributed by atoms with van der Waals surface area (Å²) in [5.74, 6) is -3.07. The molecule has 0 aliphatic carbocycles. The molecule has 6 heteroatoms. The summed E-state index contributed by atoms with van der Waals surface area (Å²) in [5, 5.41) is 9.05. The van der Waals surface area contributed by atoms with E-state index in [2.05, 4.69) is 0 Å². The quantitative estimate of drug-likeness (QED) is 0.764. The molecule has 0 aromatic heterocycles. The van der Waals surface area contributed by atoms with Gasteiger partial charge in [0.15, 0.2) is 0 Å². The van der Waals surface area contributed by atoms with Gasteiger partial charge in [-0.15, -0.1) is 0 Å². The van der Waals surface area contributed by atoms with Crippen LogP contribution >= 0.6 is 0 Å². The average Bonchev–Trinajstić information content (AvgIpc) is 2.38. The third kappa shape index (κ3) is 2.25. The van der Waals surface area contributed by atoms with Crippen molar-refractivity contribution in [2.24, 2.45) is 5.41 Å². The number of carboxylic acid groups (broad SMARTS) is 1. The van der Waals surface area contributed by atoms with Gasteiger partial charge in [0.25, 0.3) is 5.92 Å². The van der Waals surface area contributed by atoms with Crippen molar-refractivity contribution < 1.29 is 23.5 Å². The molecular formula is C11H17F2NO3. The fourth-order valence-electron chi connectivity index (χ4n) is 2.51. The molecule has 1 aliphatic heterocycles. The number of alkyl halides is 2. The van der Waals surface area contributed by atoms with Crippen LogP contribution < -0.4 is 0 Å². The van der Waals surface area contributed by atoms with Crippen LogP contribution in [0.2, 0.25) is 0 Å². The van der Waals surface area contributed by atoms with E-state index in [9.17, 15) is 18.4 Å². The molecule has 0 spiro atoms. The summed E-state index contributed by atoms with van der Waals surface area (Å²) in [6, 6.07) is 0. The molecule has 1 N–H and O–H groups in total. The predicted octanol–water partition coefficient (Wildman–Crippen LogP) is 2.38. The molecule has 0 aromatic carbocycles. The van der Waals surface area contributed by atoms with Crippen LogP contribution in [0.25, 0.3) is 0 Å². The van der Waals surface area contributed by atoms with E-state index in [0.717, 1.165) is 4.90 Å². The zero-order valence-electron chi connectivity index (χ0n) is 10.2. The Morgan fingerprint density at radius 3 is 2.35 bits per heavy atom. The lowest BCUT2D eigenvalue weighted by Crippen LogP contribution is -2.55. The lowest BCUT2D eigenvalue weighted by atomic mass is 9.70. The van der Waals surface area contributed by atoms with Gasteiger partial charge in [0.1, 0.15) is 6.29 Å². The highest BCUT2D eigenvalue weighted by Crippen LogP contribution is 2.50. The monoisotopic (exact) mass is 249 g/mol. The van der Waals surface area contributed by atoms with E-state index >= 15 is 0 Å². The summed E-state index contributed by atoms with van der Waals surface area (Å²) in [6.07, 6.45) is -1.70. The van der Waals surface area contributed by atoms with Gasteiger partial charge in [0.05, 0.1) is 12.1 Å². The van der Waals surface area contributed by atoms with Crippen molar-refractivity contribution in [1.82, 2.24) is 4.90 Å². The van der Waals surface area contributed by atoms with Crippen molar-refractivity contribution in [3.8, 4) is 0 Å². The van der Waals surface area contributed by atoms with E-state index in [1.807, 2.05) is 0 Å². The number of nitrogens with zero attached hydrogens (tertiary/aromatic N) is 1. The second kappa shape index (κ2) is 3.92. The predicted molar refractivity (Wildman–Crippen MR) is 57.2 cm³/mol. The van der Waals surface area contributed by atoms with Crippen molar-refractivity contribution in [2.45, 2.75) is 45.1 Å². The minimum Gasteiger partial charge on any atom is -0.465 e. The van der Waals surface area contributed by atoms with Crippen molar-refractivity contribution in [2.75, 3.05) is 6.54 Å². The summed E-state index contributed by atoms with van der Waals surface area (Å²) in [7, 11) is 0. The highest BCUT2D eigenvalue weighted by molar-refractivity contribution is 5.69. The Bertz CT molecular complexity index is 338. The number of hydrogen-bond donors (Lipinski definition) is 1. The van der Waals surface area contributed by atoms with Gasteiger partial charge in [0, 0.05) is 12.8 Å². The minimum absolute atomic E-state index is 0.210. The van der Waals surface area contributed by atoms with Crippen LogP contribution in [0.4, 0.5) is 13.6 Å². The first-order valence-electron chi connectivity index (χ1n) is 5.38. The molecule has 0 bridgehead atoms. The normalized spacial score (nSPS) is 28.2. The van der Waals surface area contributed by atoms with Crippen LogP contribution in [0.5, 0.6) is 0 Å². The van der Waals surface area contributed by atoms with Crippen LogP contribution in [0.3, 0.4) is 0 Å². The standard InChI is InChI=1S/C11H17F2NO3/c1-9(2,3)10(4-5-15)6-11(12,13)7-14(10)8(16)17/h5H,4,6-7H2,1-3H3,(H,16,17). The summed E-state index contributed by atoms with van der Waals surface area (Å²) >= 11 is 0. The molecule has 1 atom stereocenters. The van der Waals surface area contributed by atoms with E-state index < -0.39 is 35.9 Å². The Labute approximate surface area is 98.6 Å². The van der Waals surface area contributed by atoms with E-state index in [1.165, 1.54) is 0 Å². The van der Waals surface area contributed by atoms with Gasteiger partial charge < -0.3 is 9.90 Å². The number of halogens is 2. The van der Waals surface area contributed by atoms with Crippen LogP contribution in [-0.4, -0.2) is 40.4 Å². The van der Waals surface area contributed by atoms with Crippen LogP contribution in [0, 0.1) is 5.41 Å². The molecule has 17 heavy (non-hydrogen) atoms. The van der Waals surface area contributed by atoms with E-state index in [-0.39, 0.29) is 6.42 Å². The zero-order valence-corrected chi connectivity index (χ0v) is 10.2. The first-order valence-corrected chi connectivity index (χ1v) is 5.38. The second-order valence-corrected chi connectivity index (χ2v) is 5.55. The van der Waals surface area contributed by atoms with Gasteiger partial charge >= 0.3 is 6.09 Å². The van der Waals surface area contributed by atoms with E-state index in [1.54, 1.807) is 20.8 Å². The van der Waals surface area contributed by atoms with Crippen molar-refractivity contribution in [3.63, 3.8) is 0 Å². The molecular weight excluding hydrogens is 232 g/mol. The number of aldehydes is 1. The van der Waals surface area contributed by atoms with Gasteiger partial charge in [-0.25, -0.2) is 13.6 Å². The zero-order chi connectivity index (χ0) is 13.5. The Balaban J connectivity index is 3.26. The van der Waals surface area contributed by atoms with Crippen LogP contribution in [0.1, 0.15) is 33.6 Å². The molecule has 4 nitrogen and oxygen atoms in total. The summed E-state index contributed by atoms with van der Waals surface area (Å²) in [6.45, 7) is 4.18. The molecule has 0 radical (unpaired) electrons. The second-order valence-electron chi connectivity index (χ2n) is 5.55. The van der Waals surface area contributed by atoms with E-state index in [4.69, 9.17) is 5.11 Å². The maximum Gasteiger partial charge on any atom is 0.407 e. The SMILES string of the molecule is CC(C)(C)C1(CC=O)CC(F)(F)CN1C(=O)O. The lowest BCUT2D eigenvalue weighted by Gasteiger charge is -2.45. The molecule has 1 rings (SSSR count).